The second-order valence-electron chi connectivity index (χ2n) is 23.2. The normalized spacial score (nSPS) is 19.1. The largest absolute Gasteiger partial charge is 0.454 e. The minimum Gasteiger partial charge on any atom is -0.454 e. The van der Waals surface area contributed by atoms with E-state index < -0.39 is 67.4 Å². The first kappa shape index (κ1) is 74.6. The summed E-state index contributed by atoms with van der Waals surface area (Å²) in [4.78, 5) is 26.6. The zero-order chi connectivity index (χ0) is 57.5. The van der Waals surface area contributed by atoms with Gasteiger partial charge in [-0.2, -0.15) is 0 Å². The van der Waals surface area contributed by atoms with E-state index >= 15 is 0 Å². The number of carbonyl (C=O) groups is 2. The molecule has 1 rings (SSSR count). The lowest BCUT2D eigenvalue weighted by Crippen LogP contribution is -2.61. The molecule has 462 valence electrons. The summed E-state index contributed by atoms with van der Waals surface area (Å²) in [6.07, 6.45) is 58.7. The molecular weight excluding hydrogens is 991 g/mol. The Morgan fingerprint density at radius 3 is 1.33 bits per heavy atom. The van der Waals surface area contributed by atoms with E-state index in [0.29, 0.717) is 19.3 Å². The second kappa shape index (κ2) is 56.1. The molecule has 0 bridgehead atoms. The van der Waals surface area contributed by atoms with Crippen LogP contribution in [0.3, 0.4) is 0 Å². The Bertz CT molecular complexity index is 1470. The molecule has 0 aliphatic carbocycles. The average Bonchev–Trinajstić information content (AvgIpc) is 3.47. The highest BCUT2D eigenvalue weighted by molar-refractivity contribution is 5.80. The van der Waals surface area contributed by atoms with Crippen molar-refractivity contribution in [1.29, 1.82) is 0 Å². The third kappa shape index (κ3) is 43.9. The van der Waals surface area contributed by atoms with Crippen LogP contribution in [0.4, 0.5) is 0 Å². The van der Waals surface area contributed by atoms with Gasteiger partial charge in [-0.1, -0.05) is 288 Å². The number of unbranched alkanes of at least 4 members (excludes halogenated alkanes) is 37. The van der Waals surface area contributed by atoms with Gasteiger partial charge in [-0.05, 0) is 64.2 Å². The summed E-state index contributed by atoms with van der Waals surface area (Å²) in [7, 11) is 0. The highest BCUT2D eigenvalue weighted by Crippen LogP contribution is 2.26. The van der Waals surface area contributed by atoms with Gasteiger partial charge in [-0.3, -0.25) is 9.59 Å². The Kier molecular flexibility index (Phi) is 53.0. The number of carbonyl (C=O) groups excluding carboxylic acids is 2. The molecule has 6 N–H and O–H groups in total. The molecule has 1 heterocycles. The van der Waals surface area contributed by atoms with E-state index in [4.69, 9.17) is 14.2 Å². The lowest BCUT2D eigenvalue weighted by Gasteiger charge is -2.41. The number of allylic oxidation sites excluding steroid dienone is 7. The fourth-order valence-electron chi connectivity index (χ4n) is 10.4. The molecule has 0 spiro atoms. The molecule has 1 aliphatic heterocycles. The fourth-order valence-corrected chi connectivity index (χ4v) is 10.4. The van der Waals surface area contributed by atoms with Gasteiger partial charge in [0.25, 0.3) is 0 Å². The van der Waals surface area contributed by atoms with Gasteiger partial charge < -0.3 is 45.1 Å². The maximum atomic E-state index is 13.4. The third-order valence-corrected chi connectivity index (χ3v) is 15.7. The zero-order valence-corrected chi connectivity index (χ0v) is 51.2. The SMILES string of the molecule is CCCCC/C=C\C/C=C\C/C=C\CCCCCCCCCCCCCCC(=O)OC1C(OCC(NC(=O)C(O)CCCCCCCCCCCCCCCC)C(O)/C=C/CCCCCCCCCCC)OC(CO)C(O)C1O. The van der Waals surface area contributed by atoms with Crippen LogP contribution < -0.4 is 5.32 Å². The highest BCUT2D eigenvalue weighted by atomic mass is 16.7. The van der Waals surface area contributed by atoms with Gasteiger partial charge in [0, 0.05) is 6.42 Å². The zero-order valence-electron chi connectivity index (χ0n) is 51.2. The van der Waals surface area contributed by atoms with Crippen molar-refractivity contribution in [2.75, 3.05) is 13.2 Å². The van der Waals surface area contributed by atoms with Crippen molar-refractivity contribution < 1.29 is 49.3 Å². The van der Waals surface area contributed by atoms with E-state index in [9.17, 15) is 35.1 Å². The van der Waals surface area contributed by atoms with Crippen LogP contribution in [0.2, 0.25) is 0 Å². The highest BCUT2D eigenvalue weighted by Gasteiger charge is 2.47. The molecule has 0 radical (unpaired) electrons. The molecule has 0 aromatic carbocycles. The number of amides is 1. The molecular formula is C68H125NO10. The number of aliphatic hydroxyl groups is 5. The molecule has 1 aliphatic rings. The van der Waals surface area contributed by atoms with Crippen molar-refractivity contribution in [3.05, 3.63) is 48.6 Å². The van der Waals surface area contributed by atoms with E-state index in [1.807, 2.05) is 6.08 Å². The Morgan fingerprint density at radius 1 is 0.494 bits per heavy atom. The van der Waals surface area contributed by atoms with Gasteiger partial charge in [-0.25, -0.2) is 0 Å². The standard InChI is InChI=1S/C68H125NO10/c1-4-7-10-13-16-19-22-24-26-27-28-29-30-31-32-33-34-35-36-38-41-44-47-50-53-56-63(73)79-66-65(75)64(74)62(57-70)78-68(66)77-58-59(60(71)54-51-48-45-42-39-21-18-15-12-9-6-3)69-67(76)61(72)55-52-49-46-43-40-37-25-23-20-17-14-11-8-5-2/h16,19,24,26,28-29,51,54,59-62,64-66,68,70-72,74-75H,4-15,17-18,20-23,25,27,30-50,52-53,55-58H2,1-3H3,(H,69,76)/b19-16-,26-24-,29-28-,54-51+. The van der Waals surface area contributed by atoms with Gasteiger partial charge in [-0.15, -0.1) is 0 Å². The number of rotatable bonds is 57. The molecule has 0 aromatic rings. The minimum atomic E-state index is -1.61. The number of esters is 1. The predicted octanol–water partition coefficient (Wildman–Crippen LogP) is 16.4. The van der Waals surface area contributed by atoms with Crippen LogP contribution in [0, 0.1) is 0 Å². The lowest BCUT2D eigenvalue weighted by molar-refractivity contribution is -0.305. The maximum absolute atomic E-state index is 13.4. The number of nitrogens with one attached hydrogen (secondary N) is 1. The summed E-state index contributed by atoms with van der Waals surface area (Å²) in [6, 6.07) is -1.02. The molecule has 1 saturated heterocycles. The summed E-state index contributed by atoms with van der Waals surface area (Å²) in [5.41, 5.74) is 0. The van der Waals surface area contributed by atoms with Crippen LogP contribution >= 0.6 is 0 Å². The van der Waals surface area contributed by atoms with Gasteiger partial charge >= 0.3 is 5.97 Å². The van der Waals surface area contributed by atoms with Gasteiger partial charge in [0.2, 0.25) is 5.91 Å². The first-order valence-electron chi connectivity index (χ1n) is 33.4. The average molecular weight is 1120 g/mol. The van der Waals surface area contributed by atoms with Crippen LogP contribution in [0.25, 0.3) is 0 Å². The number of ether oxygens (including phenoxy) is 3. The Labute approximate surface area is 485 Å². The Balaban J connectivity index is 2.56. The topological polar surface area (TPSA) is 175 Å². The smallest absolute Gasteiger partial charge is 0.306 e. The van der Waals surface area contributed by atoms with E-state index in [2.05, 4.69) is 62.5 Å². The first-order valence-corrected chi connectivity index (χ1v) is 33.4. The molecule has 1 fully saturated rings. The number of aliphatic hydroxyl groups excluding tert-OH is 5. The molecule has 0 saturated carbocycles. The Morgan fingerprint density at radius 2 is 0.873 bits per heavy atom. The van der Waals surface area contributed by atoms with Crippen molar-refractivity contribution in [1.82, 2.24) is 5.32 Å². The second-order valence-corrected chi connectivity index (χ2v) is 23.2. The monoisotopic (exact) mass is 1120 g/mol. The minimum absolute atomic E-state index is 0.123. The van der Waals surface area contributed by atoms with E-state index in [0.717, 1.165) is 70.6 Å². The summed E-state index contributed by atoms with van der Waals surface area (Å²) in [5.74, 6) is -1.19. The number of hydrogen-bond acceptors (Lipinski definition) is 10. The Hall–Kier alpha value is -2.38. The fraction of sp³-hybridized carbons (Fsp3) is 0.853. The van der Waals surface area contributed by atoms with Crippen molar-refractivity contribution >= 4 is 11.9 Å². The van der Waals surface area contributed by atoms with E-state index in [1.54, 1.807) is 6.08 Å². The first-order chi connectivity index (χ1) is 38.7. The summed E-state index contributed by atoms with van der Waals surface area (Å²) < 4.78 is 17.7. The van der Waals surface area contributed by atoms with Crippen LogP contribution in [0.15, 0.2) is 48.6 Å². The maximum Gasteiger partial charge on any atom is 0.306 e. The van der Waals surface area contributed by atoms with Crippen molar-refractivity contribution in [3.63, 3.8) is 0 Å². The quantitative estimate of drug-likeness (QED) is 0.0195. The molecule has 1 amide bonds. The molecule has 0 aromatic heterocycles. The van der Waals surface area contributed by atoms with Crippen molar-refractivity contribution in [2.24, 2.45) is 0 Å². The van der Waals surface area contributed by atoms with Gasteiger partial charge in [0.1, 0.15) is 24.4 Å². The van der Waals surface area contributed by atoms with Crippen LogP contribution in [-0.2, 0) is 23.8 Å². The van der Waals surface area contributed by atoms with Gasteiger partial charge in [0.05, 0.1) is 25.4 Å². The predicted molar refractivity (Wildman–Crippen MR) is 329 cm³/mol. The lowest BCUT2D eigenvalue weighted by atomic mass is 9.99. The molecule has 79 heavy (non-hydrogen) atoms. The van der Waals surface area contributed by atoms with Crippen LogP contribution in [0.5, 0.6) is 0 Å². The van der Waals surface area contributed by atoms with E-state index in [-0.39, 0.29) is 13.0 Å². The van der Waals surface area contributed by atoms with Crippen LogP contribution in [0.1, 0.15) is 310 Å². The third-order valence-electron chi connectivity index (χ3n) is 15.7. The van der Waals surface area contributed by atoms with E-state index in [1.165, 1.54) is 193 Å². The molecule has 8 atom stereocenters. The molecule has 11 heteroatoms. The molecule has 11 nitrogen and oxygen atoms in total. The van der Waals surface area contributed by atoms with Gasteiger partial charge in [0.15, 0.2) is 12.4 Å². The van der Waals surface area contributed by atoms with Crippen molar-refractivity contribution in [3.8, 4) is 0 Å². The summed E-state index contributed by atoms with van der Waals surface area (Å²) >= 11 is 0. The number of hydrogen-bond donors (Lipinski definition) is 6. The summed E-state index contributed by atoms with van der Waals surface area (Å²) in [6.45, 7) is 5.78. The summed E-state index contributed by atoms with van der Waals surface area (Å²) in [5, 5.41) is 57.0. The van der Waals surface area contributed by atoms with Crippen LogP contribution in [-0.4, -0.2) is 99.6 Å². The molecule has 8 unspecified atom stereocenters. The van der Waals surface area contributed by atoms with Crippen molar-refractivity contribution in [2.45, 2.75) is 359 Å².